The highest BCUT2D eigenvalue weighted by Crippen LogP contribution is 2.26. The summed E-state index contributed by atoms with van der Waals surface area (Å²) in [6.07, 6.45) is 2.08. The smallest absolute Gasteiger partial charge is 0.242 e. The molecule has 1 aliphatic rings. The van der Waals surface area contributed by atoms with Crippen LogP contribution in [0.15, 0.2) is 53.7 Å². The summed E-state index contributed by atoms with van der Waals surface area (Å²) < 4.78 is 1.96. The van der Waals surface area contributed by atoms with Gasteiger partial charge in [0.25, 0.3) is 0 Å². The summed E-state index contributed by atoms with van der Waals surface area (Å²) in [6.45, 7) is 8.35. The van der Waals surface area contributed by atoms with Gasteiger partial charge in [-0.15, -0.1) is 0 Å². The summed E-state index contributed by atoms with van der Waals surface area (Å²) >= 11 is 1.37. The summed E-state index contributed by atoms with van der Waals surface area (Å²) in [6, 6.07) is 15.7. The summed E-state index contributed by atoms with van der Waals surface area (Å²) in [4.78, 5) is 32.5. The molecule has 2 unspecified atom stereocenters. The molecule has 1 N–H and O–H groups in total. The first-order chi connectivity index (χ1) is 15.9. The monoisotopic (exact) mass is 464 g/mol. The van der Waals surface area contributed by atoms with E-state index in [0.29, 0.717) is 17.0 Å². The van der Waals surface area contributed by atoms with E-state index in [1.807, 2.05) is 58.0 Å². The number of benzene rings is 2. The number of imidazole rings is 1. The number of likely N-dealkylation sites (tertiary alicyclic amines) is 1. The lowest BCUT2D eigenvalue weighted by molar-refractivity contribution is -0.134. The Bertz CT molecular complexity index is 1130. The van der Waals surface area contributed by atoms with Gasteiger partial charge >= 0.3 is 0 Å². The fourth-order valence-corrected chi connectivity index (χ4v) is 5.43. The predicted octanol–water partition coefficient (Wildman–Crippen LogP) is 4.83. The van der Waals surface area contributed by atoms with E-state index in [4.69, 9.17) is 4.98 Å². The van der Waals surface area contributed by atoms with E-state index in [1.165, 1.54) is 17.3 Å². The maximum absolute atomic E-state index is 13.2. The van der Waals surface area contributed by atoms with Gasteiger partial charge in [0.15, 0.2) is 5.16 Å². The summed E-state index contributed by atoms with van der Waals surface area (Å²) in [7, 11) is 0. The molecule has 3 aromatic rings. The molecular weight excluding hydrogens is 432 g/mol. The Morgan fingerprint density at radius 1 is 1.09 bits per heavy atom. The fourth-order valence-electron chi connectivity index (χ4n) is 4.61. The molecule has 6 nitrogen and oxygen atoms in total. The molecular formula is C26H32N4O2S. The fraction of sp³-hybridized carbons (Fsp3) is 0.423. The average molecular weight is 465 g/mol. The summed E-state index contributed by atoms with van der Waals surface area (Å²) in [5.41, 5.74) is 3.74. The standard InChI is InChI=1S/C26H32N4O2S/c1-4-20-8-7-9-21(13-20)27-24(31)17-33-26-28-22-10-5-6-11-23(22)30(26)16-25(32)29-14-18(2)12-19(3)15-29/h5-11,13,18-19H,4,12,14-17H2,1-3H3,(H,27,31). The van der Waals surface area contributed by atoms with E-state index >= 15 is 0 Å². The molecule has 1 aliphatic heterocycles. The Labute approximate surface area is 199 Å². The van der Waals surface area contributed by atoms with Crippen molar-refractivity contribution in [2.75, 3.05) is 24.2 Å². The summed E-state index contributed by atoms with van der Waals surface area (Å²) in [5.74, 6) is 1.28. The van der Waals surface area contributed by atoms with Crippen molar-refractivity contribution in [1.82, 2.24) is 14.5 Å². The number of fused-ring (bicyclic) bond motifs is 1. The van der Waals surface area contributed by atoms with Gasteiger partial charge < -0.3 is 14.8 Å². The van der Waals surface area contributed by atoms with Crippen molar-refractivity contribution in [3.05, 3.63) is 54.1 Å². The lowest BCUT2D eigenvalue weighted by Gasteiger charge is -2.35. The molecule has 2 atom stereocenters. The molecule has 0 radical (unpaired) electrons. The number of amides is 2. The molecule has 0 bridgehead atoms. The topological polar surface area (TPSA) is 67.2 Å². The Balaban J connectivity index is 1.47. The third kappa shape index (κ3) is 5.77. The van der Waals surface area contributed by atoms with E-state index in [1.54, 1.807) is 0 Å². The molecule has 1 aromatic heterocycles. The lowest BCUT2D eigenvalue weighted by Crippen LogP contribution is -2.44. The Morgan fingerprint density at radius 3 is 2.61 bits per heavy atom. The number of piperidine rings is 1. The normalized spacial score (nSPS) is 18.5. The second-order valence-electron chi connectivity index (χ2n) is 9.10. The van der Waals surface area contributed by atoms with Crippen molar-refractivity contribution in [2.45, 2.75) is 45.3 Å². The molecule has 4 rings (SSSR count). The van der Waals surface area contributed by atoms with Gasteiger partial charge in [0.05, 0.1) is 16.8 Å². The van der Waals surface area contributed by atoms with Crippen LogP contribution >= 0.6 is 11.8 Å². The van der Waals surface area contributed by atoms with Gasteiger partial charge in [0, 0.05) is 18.8 Å². The molecule has 2 heterocycles. The van der Waals surface area contributed by atoms with E-state index < -0.39 is 0 Å². The minimum absolute atomic E-state index is 0.0862. The third-order valence-electron chi connectivity index (χ3n) is 6.09. The molecule has 2 amide bonds. The maximum atomic E-state index is 13.2. The molecule has 2 aromatic carbocycles. The summed E-state index contributed by atoms with van der Waals surface area (Å²) in [5, 5.41) is 3.66. The quantitative estimate of drug-likeness (QED) is 0.509. The number of hydrogen-bond acceptors (Lipinski definition) is 4. The number of carbonyl (C=O) groups excluding carboxylic acids is 2. The maximum Gasteiger partial charge on any atom is 0.242 e. The number of rotatable bonds is 7. The third-order valence-corrected chi connectivity index (χ3v) is 7.06. The van der Waals surface area contributed by atoms with E-state index in [0.717, 1.165) is 42.7 Å². The second kappa shape index (κ2) is 10.4. The van der Waals surface area contributed by atoms with Crippen LogP contribution in [0.25, 0.3) is 11.0 Å². The van der Waals surface area contributed by atoms with Crippen molar-refractivity contribution in [2.24, 2.45) is 11.8 Å². The zero-order valence-electron chi connectivity index (χ0n) is 19.6. The van der Waals surface area contributed by atoms with Crippen LogP contribution in [0.2, 0.25) is 0 Å². The number of hydrogen-bond donors (Lipinski definition) is 1. The first kappa shape index (κ1) is 23.4. The second-order valence-corrected chi connectivity index (χ2v) is 10.0. The molecule has 1 fully saturated rings. The predicted molar refractivity (Wildman–Crippen MR) is 134 cm³/mol. The van der Waals surface area contributed by atoms with Crippen LogP contribution in [0.3, 0.4) is 0 Å². The minimum atomic E-state index is -0.0862. The number of nitrogens with one attached hydrogen (secondary N) is 1. The van der Waals surface area contributed by atoms with Gasteiger partial charge in [-0.2, -0.15) is 0 Å². The molecule has 33 heavy (non-hydrogen) atoms. The van der Waals surface area contributed by atoms with Gasteiger partial charge in [-0.3, -0.25) is 9.59 Å². The zero-order valence-corrected chi connectivity index (χ0v) is 20.4. The van der Waals surface area contributed by atoms with Crippen molar-refractivity contribution in [3.63, 3.8) is 0 Å². The van der Waals surface area contributed by atoms with Crippen molar-refractivity contribution < 1.29 is 9.59 Å². The lowest BCUT2D eigenvalue weighted by atomic mass is 9.92. The van der Waals surface area contributed by atoms with Crippen molar-refractivity contribution in [1.29, 1.82) is 0 Å². The van der Waals surface area contributed by atoms with E-state index in [9.17, 15) is 9.59 Å². The number of carbonyl (C=O) groups is 2. The van der Waals surface area contributed by atoms with Crippen LogP contribution in [0.1, 0.15) is 32.8 Å². The zero-order chi connectivity index (χ0) is 23.4. The highest BCUT2D eigenvalue weighted by molar-refractivity contribution is 7.99. The SMILES string of the molecule is CCc1cccc(NC(=O)CSc2nc3ccccc3n2CC(=O)N2CC(C)CC(C)C2)c1. The highest BCUT2D eigenvalue weighted by atomic mass is 32.2. The highest BCUT2D eigenvalue weighted by Gasteiger charge is 2.26. The van der Waals surface area contributed by atoms with Crippen molar-refractivity contribution >= 4 is 40.3 Å². The van der Waals surface area contributed by atoms with Crippen molar-refractivity contribution in [3.8, 4) is 0 Å². The van der Waals surface area contributed by atoms with Gasteiger partial charge in [-0.25, -0.2) is 4.98 Å². The van der Waals surface area contributed by atoms with Gasteiger partial charge in [-0.1, -0.05) is 56.8 Å². The molecule has 174 valence electrons. The molecule has 0 saturated carbocycles. The van der Waals surface area contributed by atoms with E-state index in [-0.39, 0.29) is 24.1 Å². The van der Waals surface area contributed by atoms with Crippen LogP contribution in [0.5, 0.6) is 0 Å². The van der Waals surface area contributed by atoms with E-state index in [2.05, 4.69) is 26.1 Å². The number of para-hydroxylation sites is 2. The Kier molecular flexibility index (Phi) is 7.38. The minimum Gasteiger partial charge on any atom is -0.341 e. The molecule has 0 aliphatic carbocycles. The number of nitrogens with zero attached hydrogens (tertiary/aromatic N) is 3. The first-order valence-corrected chi connectivity index (χ1v) is 12.7. The van der Waals surface area contributed by atoms with Crippen LogP contribution < -0.4 is 5.32 Å². The molecule has 1 saturated heterocycles. The van der Waals surface area contributed by atoms with Gasteiger partial charge in [0.1, 0.15) is 6.54 Å². The Morgan fingerprint density at radius 2 is 1.85 bits per heavy atom. The molecule has 0 spiro atoms. The average Bonchev–Trinajstić information content (AvgIpc) is 3.14. The first-order valence-electron chi connectivity index (χ1n) is 11.7. The van der Waals surface area contributed by atoms with Crippen LogP contribution in [-0.4, -0.2) is 45.1 Å². The number of thioether (sulfide) groups is 1. The Hall–Kier alpha value is -2.80. The number of aromatic nitrogens is 2. The van der Waals surface area contributed by atoms with Crippen LogP contribution in [0, 0.1) is 11.8 Å². The van der Waals surface area contributed by atoms with Crippen LogP contribution in [0.4, 0.5) is 5.69 Å². The number of anilines is 1. The largest absolute Gasteiger partial charge is 0.341 e. The van der Waals surface area contributed by atoms with Gasteiger partial charge in [-0.05, 0) is 54.5 Å². The van der Waals surface area contributed by atoms with Crippen LogP contribution in [-0.2, 0) is 22.6 Å². The number of aryl methyl sites for hydroxylation is 1. The van der Waals surface area contributed by atoms with Gasteiger partial charge in [0.2, 0.25) is 11.8 Å². The molecule has 7 heteroatoms.